The van der Waals surface area contributed by atoms with Gasteiger partial charge in [0.2, 0.25) is 5.91 Å². The van der Waals surface area contributed by atoms with Gasteiger partial charge >= 0.3 is 12.0 Å². The smallest absolute Gasteiger partial charge is 0.327 e. The third kappa shape index (κ3) is 12.5. The number of carbonyl (C=O) groups excluding carboxylic acids is 2. The molecule has 7 nitrogen and oxygen atoms in total. The molecule has 2 fully saturated rings. The molecule has 208 valence electrons. The average Bonchev–Trinajstić information content (AvgIpc) is 3.37. The standard InChI is InChI=1S/C28H45N3O4S2/c1-19(2)9-7-10-20(3)11-8-12-21(4)15-16-36-17-23(27(33)34)29-25(32)14-6-5-13-24-26-22(18-37-24)30-28(35)31-26/h9,11,15,22-24,26H,5-8,10,12-14,16-18H2,1-4H3,(H,29,32)(H,33,34)(H2,30,31,35)/b20-11+,21-15+. The molecule has 4 unspecified atom stereocenters. The van der Waals surface area contributed by atoms with E-state index in [0.717, 1.165) is 50.0 Å². The minimum absolute atomic E-state index is 0.0867. The molecular formula is C28H45N3O4S2. The Labute approximate surface area is 231 Å². The van der Waals surface area contributed by atoms with Gasteiger partial charge in [0.25, 0.3) is 0 Å². The Kier molecular flexibility index (Phi) is 14.3. The maximum atomic E-state index is 12.3. The highest BCUT2D eigenvalue weighted by molar-refractivity contribution is 8.00. The summed E-state index contributed by atoms with van der Waals surface area (Å²) in [6.45, 7) is 8.56. The van der Waals surface area contributed by atoms with Gasteiger partial charge in [-0.2, -0.15) is 23.5 Å². The number of urea groups is 1. The Bertz CT molecular complexity index is 867. The Hall–Kier alpha value is -1.87. The maximum Gasteiger partial charge on any atom is 0.327 e. The van der Waals surface area contributed by atoms with E-state index in [2.05, 4.69) is 61.9 Å². The molecule has 0 aromatic carbocycles. The predicted molar refractivity (Wildman–Crippen MR) is 156 cm³/mol. The van der Waals surface area contributed by atoms with Gasteiger partial charge in [-0.1, -0.05) is 41.4 Å². The number of carbonyl (C=O) groups is 3. The summed E-state index contributed by atoms with van der Waals surface area (Å²) in [4.78, 5) is 35.4. The number of thioether (sulfide) groups is 2. The van der Waals surface area contributed by atoms with Gasteiger partial charge < -0.3 is 21.1 Å². The van der Waals surface area contributed by atoms with Gasteiger partial charge in [-0.25, -0.2) is 9.59 Å². The number of allylic oxidation sites excluding steroid dienone is 5. The number of unbranched alkanes of at least 4 members (excludes halogenated alkanes) is 1. The van der Waals surface area contributed by atoms with Gasteiger partial charge in [0.15, 0.2) is 0 Å². The van der Waals surface area contributed by atoms with Crippen LogP contribution in [-0.2, 0) is 9.59 Å². The number of amides is 3. The largest absolute Gasteiger partial charge is 0.480 e. The zero-order valence-corrected chi connectivity index (χ0v) is 24.4. The van der Waals surface area contributed by atoms with E-state index in [9.17, 15) is 19.5 Å². The van der Waals surface area contributed by atoms with Gasteiger partial charge in [0, 0.05) is 28.9 Å². The van der Waals surface area contributed by atoms with Crippen molar-refractivity contribution in [3.8, 4) is 0 Å². The molecule has 0 bridgehead atoms. The van der Waals surface area contributed by atoms with E-state index in [0.29, 0.717) is 23.8 Å². The predicted octanol–water partition coefficient (Wildman–Crippen LogP) is 5.43. The highest BCUT2D eigenvalue weighted by Gasteiger charge is 2.42. The van der Waals surface area contributed by atoms with Crippen LogP contribution in [0.3, 0.4) is 0 Å². The lowest BCUT2D eigenvalue weighted by Crippen LogP contribution is -2.42. The fraction of sp³-hybridized carbons (Fsp3) is 0.679. The van der Waals surface area contributed by atoms with Crippen LogP contribution >= 0.6 is 23.5 Å². The van der Waals surface area contributed by atoms with Gasteiger partial charge in [0.05, 0.1) is 12.1 Å². The monoisotopic (exact) mass is 551 g/mol. The minimum Gasteiger partial charge on any atom is -0.480 e. The molecular weight excluding hydrogens is 506 g/mol. The lowest BCUT2D eigenvalue weighted by atomic mass is 10.0. The second-order valence-corrected chi connectivity index (χ2v) is 12.7. The zero-order valence-electron chi connectivity index (χ0n) is 22.8. The van der Waals surface area contributed by atoms with Crippen LogP contribution in [0.5, 0.6) is 0 Å². The summed E-state index contributed by atoms with van der Waals surface area (Å²) >= 11 is 3.39. The lowest BCUT2D eigenvalue weighted by Gasteiger charge is -2.17. The number of carboxylic acid groups (broad SMARTS) is 1. The molecule has 2 aliphatic heterocycles. The molecule has 2 heterocycles. The molecule has 0 radical (unpaired) electrons. The first kappa shape index (κ1) is 31.3. The maximum absolute atomic E-state index is 12.3. The highest BCUT2D eigenvalue weighted by atomic mass is 32.2. The summed E-state index contributed by atoms with van der Waals surface area (Å²) < 4.78 is 0. The van der Waals surface area contributed by atoms with Crippen LogP contribution < -0.4 is 16.0 Å². The van der Waals surface area contributed by atoms with Crippen LogP contribution in [0.2, 0.25) is 0 Å². The molecule has 2 saturated heterocycles. The summed E-state index contributed by atoms with van der Waals surface area (Å²) in [5.74, 6) is 0.811. The van der Waals surface area contributed by atoms with Crippen LogP contribution in [0, 0.1) is 0 Å². The van der Waals surface area contributed by atoms with Crippen molar-refractivity contribution in [2.24, 2.45) is 0 Å². The number of fused-ring (bicyclic) bond motifs is 1. The second kappa shape index (κ2) is 16.9. The summed E-state index contributed by atoms with van der Waals surface area (Å²) in [5, 5.41) is 18.5. The SMILES string of the molecule is CC(C)=CCC/C(C)=C/CC/C(C)=C/CSCC(NC(=O)CCCCC1SCC2NC(=O)NC21)C(=O)O. The van der Waals surface area contributed by atoms with Crippen LogP contribution in [0.4, 0.5) is 4.79 Å². The summed E-state index contributed by atoms with van der Waals surface area (Å²) in [6, 6.07) is -0.572. The highest BCUT2D eigenvalue weighted by Crippen LogP contribution is 2.33. The summed E-state index contributed by atoms with van der Waals surface area (Å²) in [7, 11) is 0. The molecule has 0 aromatic rings. The molecule has 4 N–H and O–H groups in total. The fourth-order valence-electron chi connectivity index (χ4n) is 4.44. The second-order valence-electron chi connectivity index (χ2n) is 10.3. The first-order valence-corrected chi connectivity index (χ1v) is 15.6. The first-order valence-electron chi connectivity index (χ1n) is 13.4. The summed E-state index contributed by atoms with van der Waals surface area (Å²) in [6.07, 6.45) is 13.8. The molecule has 2 aliphatic rings. The van der Waals surface area contributed by atoms with Crippen LogP contribution in [0.1, 0.15) is 79.1 Å². The molecule has 0 saturated carbocycles. The Balaban J connectivity index is 1.59. The van der Waals surface area contributed by atoms with Gasteiger partial charge in [-0.3, -0.25) is 4.79 Å². The van der Waals surface area contributed by atoms with Gasteiger partial charge in [-0.15, -0.1) is 0 Å². The molecule has 0 aromatic heterocycles. The van der Waals surface area contributed by atoms with Crippen molar-refractivity contribution in [3.05, 3.63) is 34.9 Å². The van der Waals surface area contributed by atoms with Crippen molar-refractivity contribution < 1.29 is 19.5 Å². The van der Waals surface area contributed by atoms with Crippen molar-refractivity contribution in [1.82, 2.24) is 16.0 Å². The number of carboxylic acids is 1. The topological polar surface area (TPSA) is 108 Å². The molecule has 0 spiro atoms. The Morgan fingerprint density at radius 3 is 2.46 bits per heavy atom. The van der Waals surface area contributed by atoms with Crippen LogP contribution in [-0.4, -0.2) is 63.6 Å². The van der Waals surface area contributed by atoms with E-state index >= 15 is 0 Å². The number of hydrogen-bond donors (Lipinski definition) is 4. The van der Waals surface area contributed by atoms with Crippen molar-refractivity contribution in [3.63, 3.8) is 0 Å². The van der Waals surface area contributed by atoms with E-state index in [1.54, 1.807) is 0 Å². The van der Waals surface area contributed by atoms with Crippen LogP contribution in [0.25, 0.3) is 0 Å². The minimum atomic E-state index is -0.992. The van der Waals surface area contributed by atoms with Crippen LogP contribution in [0.15, 0.2) is 34.9 Å². The molecule has 4 atom stereocenters. The normalized spacial score (nSPS) is 22.2. The van der Waals surface area contributed by atoms with E-state index in [1.165, 1.54) is 28.5 Å². The molecule has 0 aliphatic carbocycles. The average molecular weight is 552 g/mol. The number of aliphatic carboxylic acids is 1. The zero-order chi connectivity index (χ0) is 27.2. The van der Waals surface area contributed by atoms with Crippen molar-refractivity contribution in [1.29, 1.82) is 0 Å². The van der Waals surface area contributed by atoms with Crippen molar-refractivity contribution >= 4 is 41.4 Å². The van der Waals surface area contributed by atoms with Gasteiger partial charge in [-0.05, 0) is 66.2 Å². The van der Waals surface area contributed by atoms with E-state index in [1.807, 2.05) is 11.8 Å². The first-order chi connectivity index (χ1) is 17.7. The van der Waals surface area contributed by atoms with E-state index < -0.39 is 12.0 Å². The molecule has 3 amide bonds. The number of rotatable bonds is 17. The third-order valence-electron chi connectivity index (χ3n) is 6.67. The van der Waals surface area contributed by atoms with E-state index in [-0.39, 0.29) is 24.0 Å². The third-order valence-corrected chi connectivity index (χ3v) is 9.15. The fourth-order valence-corrected chi connectivity index (χ4v) is 6.98. The van der Waals surface area contributed by atoms with Crippen molar-refractivity contribution in [2.45, 2.75) is 102 Å². The van der Waals surface area contributed by atoms with Gasteiger partial charge in [0.1, 0.15) is 6.04 Å². The summed E-state index contributed by atoms with van der Waals surface area (Å²) in [5.41, 5.74) is 4.09. The van der Waals surface area contributed by atoms with E-state index in [4.69, 9.17) is 0 Å². The van der Waals surface area contributed by atoms with Crippen molar-refractivity contribution in [2.75, 3.05) is 17.3 Å². The number of hydrogen-bond acceptors (Lipinski definition) is 5. The molecule has 9 heteroatoms. The number of nitrogens with one attached hydrogen (secondary N) is 3. The molecule has 2 rings (SSSR count). The lowest BCUT2D eigenvalue weighted by molar-refractivity contribution is -0.141. The Morgan fingerprint density at radius 2 is 1.76 bits per heavy atom. The molecule has 37 heavy (non-hydrogen) atoms. The Morgan fingerprint density at radius 1 is 1.05 bits per heavy atom. The quantitative estimate of drug-likeness (QED) is 0.109.